The molecule has 0 amide bonds. The molecule has 4 nitrogen and oxygen atoms in total. The molecule has 2 N–H and O–H groups in total. The molecule has 1 heterocycles. The number of methoxy groups -OCH3 is 1. The first-order valence-electron chi connectivity index (χ1n) is 4.20. The first-order chi connectivity index (χ1) is 6.33. The van der Waals surface area contributed by atoms with Gasteiger partial charge in [-0.3, -0.25) is 4.79 Å². The maximum absolute atomic E-state index is 10.9. The van der Waals surface area contributed by atoms with Gasteiger partial charge in [-0.2, -0.15) is 0 Å². The Morgan fingerprint density at radius 1 is 1.62 bits per heavy atom. The van der Waals surface area contributed by atoms with Crippen molar-refractivity contribution in [3.05, 3.63) is 34.2 Å². The Labute approximate surface area is 76.9 Å². The minimum Gasteiger partial charge on any atom is -0.383 e. The minimum atomic E-state index is -0.0639. The Kier molecular flexibility index (Phi) is 4.21. The molecule has 0 saturated heterocycles. The average molecular weight is 182 g/mol. The molecule has 0 bridgehead atoms. The standard InChI is InChI=1S/C9H14N2O2/c1-13-5-4-10-7-8-2-3-11-9(12)6-8/h2-3,6,10H,4-5,7H2,1H3,(H,11,12). The summed E-state index contributed by atoms with van der Waals surface area (Å²) in [5.74, 6) is 0. The van der Waals surface area contributed by atoms with Crippen LogP contribution in [0.2, 0.25) is 0 Å². The zero-order chi connectivity index (χ0) is 9.52. The van der Waals surface area contributed by atoms with Gasteiger partial charge in [0.15, 0.2) is 0 Å². The number of hydrogen-bond donors (Lipinski definition) is 2. The zero-order valence-electron chi connectivity index (χ0n) is 7.67. The van der Waals surface area contributed by atoms with Gasteiger partial charge < -0.3 is 15.0 Å². The highest BCUT2D eigenvalue weighted by Gasteiger charge is 1.92. The predicted octanol–water partition coefficient (Wildman–Crippen LogP) is 0.111. The third-order valence-corrected chi connectivity index (χ3v) is 1.65. The van der Waals surface area contributed by atoms with Crippen molar-refractivity contribution >= 4 is 0 Å². The molecule has 0 unspecified atom stereocenters. The van der Waals surface area contributed by atoms with E-state index in [2.05, 4.69) is 10.3 Å². The van der Waals surface area contributed by atoms with Gasteiger partial charge in [-0.25, -0.2) is 0 Å². The number of aromatic nitrogens is 1. The maximum Gasteiger partial charge on any atom is 0.248 e. The van der Waals surface area contributed by atoms with E-state index in [1.54, 1.807) is 19.4 Å². The Hall–Kier alpha value is -1.13. The number of aromatic amines is 1. The van der Waals surface area contributed by atoms with Gasteiger partial charge in [0, 0.05) is 32.5 Å². The summed E-state index contributed by atoms with van der Waals surface area (Å²) >= 11 is 0. The van der Waals surface area contributed by atoms with Crippen LogP contribution in [0.3, 0.4) is 0 Å². The molecule has 4 heteroatoms. The second kappa shape index (κ2) is 5.50. The van der Waals surface area contributed by atoms with E-state index in [4.69, 9.17) is 4.74 Å². The average Bonchev–Trinajstić information content (AvgIpc) is 2.13. The topological polar surface area (TPSA) is 54.1 Å². The van der Waals surface area contributed by atoms with Gasteiger partial charge in [0.2, 0.25) is 5.56 Å². The molecule has 0 atom stereocenters. The fourth-order valence-electron chi connectivity index (χ4n) is 1.01. The van der Waals surface area contributed by atoms with Crippen LogP contribution in [-0.2, 0) is 11.3 Å². The Morgan fingerprint density at radius 3 is 3.15 bits per heavy atom. The molecule has 72 valence electrons. The summed E-state index contributed by atoms with van der Waals surface area (Å²) in [6.45, 7) is 2.18. The quantitative estimate of drug-likeness (QED) is 0.635. The lowest BCUT2D eigenvalue weighted by molar-refractivity contribution is 0.199. The van der Waals surface area contributed by atoms with Crippen molar-refractivity contribution in [2.75, 3.05) is 20.3 Å². The summed E-state index contributed by atoms with van der Waals surface area (Å²) in [7, 11) is 1.66. The lowest BCUT2D eigenvalue weighted by Gasteiger charge is -2.02. The summed E-state index contributed by atoms with van der Waals surface area (Å²) in [5, 5.41) is 3.15. The highest BCUT2D eigenvalue weighted by atomic mass is 16.5. The van der Waals surface area contributed by atoms with Crippen LogP contribution in [0.25, 0.3) is 0 Å². The van der Waals surface area contributed by atoms with E-state index in [-0.39, 0.29) is 5.56 Å². The normalized spacial score (nSPS) is 10.2. The van der Waals surface area contributed by atoms with E-state index in [9.17, 15) is 4.79 Å². The van der Waals surface area contributed by atoms with Gasteiger partial charge in [-0.05, 0) is 11.6 Å². The zero-order valence-corrected chi connectivity index (χ0v) is 7.67. The Balaban J connectivity index is 2.33. The van der Waals surface area contributed by atoms with E-state index in [0.29, 0.717) is 13.2 Å². The Morgan fingerprint density at radius 2 is 2.46 bits per heavy atom. The molecular weight excluding hydrogens is 168 g/mol. The van der Waals surface area contributed by atoms with Gasteiger partial charge in [0.1, 0.15) is 0 Å². The first-order valence-corrected chi connectivity index (χ1v) is 4.20. The maximum atomic E-state index is 10.9. The molecule has 13 heavy (non-hydrogen) atoms. The second-order valence-electron chi connectivity index (χ2n) is 2.73. The van der Waals surface area contributed by atoms with Crippen LogP contribution in [0, 0.1) is 0 Å². The van der Waals surface area contributed by atoms with Crippen molar-refractivity contribution < 1.29 is 4.74 Å². The van der Waals surface area contributed by atoms with E-state index in [1.165, 1.54) is 0 Å². The van der Waals surface area contributed by atoms with Crippen molar-refractivity contribution in [2.24, 2.45) is 0 Å². The number of hydrogen-bond acceptors (Lipinski definition) is 3. The summed E-state index contributed by atoms with van der Waals surface area (Å²) in [6, 6.07) is 3.46. The molecule has 0 radical (unpaired) electrons. The molecule has 0 fully saturated rings. The van der Waals surface area contributed by atoms with Crippen molar-refractivity contribution in [1.29, 1.82) is 0 Å². The molecule has 0 aliphatic carbocycles. The number of rotatable bonds is 5. The largest absolute Gasteiger partial charge is 0.383 e. The van der Waals surface area contributed by atoms with Crippen molar-refractivity contribution in [3.63, 3.8) is 0 Å². The number of nitrogens with one attached hydrogen (secondary N) is 2. The summed E-state index contributed by atoms with van der Waals surface area (Å²) < 4.78 is 4.87. The van der Waals surface area contributed by atoms with E-state index < -0.39 is 0 Å². The van der Waals surface area contributed by atoms with Crippen LogP contribution in [0.15, 0.2) is 23.1 Å². The van der Waals surface area contributed by atoms with E-state index >= 15 is 0 Å². The van der Waals surface area contributed by atoms with Gasteiger partial charge in [-0.1, -0.05) is 0 Å². The second-order valence-corrected chi connectivity index (χ2v) is 2.73. The van der Waals surface area contributed by atoms with Crippen LogP contribution in [-0.4, -0.2) is 25.2 Å². The van der Waals surface area contributed by atoms with Crippen molar-refractivity contribution in [2.45, 2.75) is 6.54 Å². The van der Waals surface area contributed by atoms with Crippen molar-refractivity contribution in [3.8, 4) is 0 Å². The fourth-order valence-corrected chi connectivity index (χ4v) is 1.01. The summed E-state index contributed by atoms with van der Waals surface area (Å²) in [4.78, 5) is 13.4. The number of ether oxygens (including phenoxy) is 1. The van der Waals surface area contributed by atoms with Gasteiger partial charge in [-0.15, -0.1) is 0 Å². The molecule has 1 aromatic heterocycles. The van der Waals surface area contributed by atoms with Gasteiger partial charge in [0.05, 0.1) is 6.61 Å². The first kappa shape index (κ1) is 9.95. The SMILES string of the molecule is COCCNCc1cc[nH]c(=O)c1. The van der Waals surface area contributed by atoms with Gasteiger partial charge >= 0.3 is 0 Å². The Bertz CT molecular complexity index is 296. The highest BCUT2D eigenvalue weighted by Crippen LogP contribution is 1.90. The monoisotopic (exact) mass is 182 g/mol. The lowest BCUT2D eigenvalue weighted by atomic mass is 10.3. The predicted molar refractivity (Wildman–Crippen MR) is 50.6 cm³/mol. The van der Waals surface area contributed by atoms with Crippen LogP contribution in [0.4, 0.5) is 0 Å². The van der Waals surface area contributed by atoms with Crippen LogP contribution in [0.1, 0.15) is 5.56 Å². The lowest BCUT2D eigenvalue weighted by Crippen LogP contribution is -2.19. The van der Waals surface area contributed by atoms with Crippen molar-refractivity contribution in [1.82, 2.24) is 10.3 Å². The smallest absolute Gasteiger partial charge is 0.248 e. The minimum absolute atomic E-state index is 0.0639. The molecule has 0 aliphatic heterocycles. The van der Waals surface area contributed by atoms with Crippen LogP contribution < -0.4 is 10.9 Å². The molecule has 1 aromatic rings. The molecule has 0 aliphatic rings. The van der Waals surface area contributed by atoms with Crippen LogP contribution in [0.5, 0.6) is 0 Å². The molecule has 0 spiro atoms. The summed E-state index contributed by atoms with van der Waals surface area (Å²) in [6.07, 6.45) is 1.65. The molecule has 0 saturated carbocycles. The van der Waals surface area contributed by atoms with E-state index in [0.717, 1.165) is 12.1 Å². The van der Waals surface area contributed by atoms with Gasteiger partial charge in [0.25, 0.3) is 0 Å². The molecular formula is C9H14N2O2. The van der Waals surface area contributed by atoms with Crippen LogP contribution >= 0.6 is 0 Å². The molecule has 1 rings (SSSR count). The number of H-pyrrole nitrogens is 1. The fraction of sp³-hybridized carbons (Fsp3) is 0.444. The third kappa shape index (κ3) is 3.87. The van der Waals surface area contributed by atoms with E-state index in [1.807, 2.05) is 6.07 Å². The number of pyridine rings is 1. The summed E-state index contributed by atoms with van der Waals surface area (Å²) in [5.41, 5.74) is 0.922. The highest BCUT2D eigenvalue weighted by molar-refractivity contribution is 5.09. The molecule has 0 aromatic carbocycles. The third-order valence-electron chi connectivity index (χ3n) is 1.65.